The van der Waals surface area contributed by atoms with Crippen molar-refractivity contribution >= 4 is 6.03 Å². The second kappa shape index (κ2) is 3.05. The van der Waals surface area contributed by atoms with Crippen LogP contribution in [0.1, 0.15) is 11.6 Å². The number of hydrogen-bond acceptors (Lipinski definition) is 1. The summed E-state index contributed by atoms with van der Waals surface area (Å²) >= 11 is 0. The van der Waals surface area contributed by atoms with E-state index in [1.165, 1.54) is 12.1 Å². The van der Waals surface area contributed by atoms with Crippen LogP contribution in [0.4, 0.5) is 9.18 Å². The zero-order valence-electron chi connectivity index (χ0n) is 6.88. The lowest BCUT2D eigenvalue weighted by atomic mass is 10.1. The Morgan fingerprint density at radius 3 is 2.92 bits per heavy atom. The number of rotatable bonds is 1. The highest BCUT2D eigenvalue weighted by molar-refractivity contribution is 5.76. The third-order valence-electron chi connectivity index (χ3n) is 2.02. The quantitative estimate of drug-likeness (QED) is 0.669. The molecule has 1 aromatic carbocycles. The summed E-state index contributed by atoms with van der Waals surface area (Å²) in [4.78, 5) is 10.8. The summed E-state index contributed by atoms with van der Waals surface area (Å²) in [5, 5.41) is 5.30. The summed E-state index contributed by atoms with van der Waals surface area (Å²) in [6.45, 7) is 0.516. The van der Waals surface area contributed by atoms with E-state index in [1.807, 2.05) is 0 Å². The Morgan fingerprint density at radius 1 is 1.46 bits per heavy atom. The van der Waals surface area contributed by atoms with Crippen LogP contribution >= 0.6 is 0 Å². The zero-order chi connectivity index (χ0) is 9.26. The number of urea groups is 1. The molecular weight excluding hydrogens is 171 g/mol. The lowest BCUT2D eigenvalue weighted by Crippen LogP contribution is -2.21. The van der Waals surface area contributed by atoms with Gasteiger partial charge in [0.2, 0.25) is 0 Å². The Balaban J connectivity index is 2.21. The number of benzene rings is 1. The highest BCUT2D eigenvalue weighted by Gasteiger charge is 2.21. The van der Waals surface area contributed by atoms with E-state index in [2.05, 4.69) is 10.6 Å². The lowest BCUT2D eigenvalue weighted by Gasteiger charge is -2.07. The zero-order valence-corrected chi connectivity index (χ0v) is 6.88. The molecule has 0 saturated carbocycles. The largest absolute Gasteiger partial charge is 0.336 e. The second-order valence-electron chi connectivity index (χ2n) is 2.96. The van der Waals surface area contributed by atoms with E-state index in [0.717, 1.165) is 5.56 Å². The van der Waals surface area contributed by atoms with Crippen LogP contribution in [-0.2, 0) is 0 Å². The summed E-state index contributed by atoms with van der Waals surface area (Å²) in [5.41, 5.74) is 0.790. The normalized spacial score (nSPS) is 21.0. The molecule has 1 aromatic rings. The van der Waals surface area contributed by atoms with Crippen molar-refractivity contribution in [2.24, 2.45) is 0 Å². The van der Waals surface area contributed by atoms with E-state index in [-0.39, 0.29) is 17.9 Å². The van der Waals surface area contributed by atoms with E-state index in [4.69, 9.17) is 0 Å². The first-order chi connectivity index (χ1) is 6.25. The Hall–Kier alpha value is -1.58. The minimum absolute atomic E-state index is 0.108. The molecule has 68 valence electrons. The fourth-order valence-electron chi connectivity index (χ4n) is 1.38. The fourth-order valence-corrected chi connectivity index (χ4v) is 1.38. The number of nitrogens with one attached hydrogen (secondary N) is 2. The van der Waals surface area contributed by atoms with Crippen molar-refractivity contribution in [2.45, 2.75) is 6.04 Å². The van der Waals surface area contributed by atoms with Crippen molar-refractivity contribution in [1.82, 2.24) is 10.6 Å². The van der Waals surface area contributed by atoms with E-state index < -0.39 is 0 Å². The second-order valence-corrected chi connectivity index (χ2v) is 2.96. The number of carbonyl (C=O) groups excluding carboxylic acids is 1. The molecule has 1 aliphatic heterocycles. The fraction of sp³-hybridized carbons (Fsp3) is 0.222. The molecule has 0 spiro atoms. The molecule has 4 heteroatoms. The van der Waals surface area contributed by atoms with E-state index in [1.54, 1.807) is 12.1 Å². The Labute approximate surface area is 74.9 Å². The predicted molar refractivity (Wildman–Crippen MR) is 45.7 cm³/mol. The van der Waals surface area contributed by atoms with Crippen molar-refractivity contribution in [2.75, 3.05) is 6.54 Å². The molecule has 0 aliphatic carbocycles. The predicted octanol–water partition coefficient (Wildman–Crippen LogP) is 1.18. The summed E-state index contributed by atoms with van der Waals surface area (Å²) in [6, 6.07) is 5.93. The molecule has 1 aliphatic rings. The number of halogens is 1. The van der Waals surface area contributed by atoms with Crippen molar-refractivity contribution in [3.8, 4) is 0 Å². The van der Waals surface area contributed by atoms with Gasteiger partial charge in [-0.1, -0.05) is 12.1 Å². The van der Waals surface area contributed by atoms with Crippen LogP contribution in [0, 0.1) is 5.82 Å². The SMILES string of the molecule is O=C1NCC(c2cccc(F)c2)N1. The maximum absolute atomic E-state index is 12.8. The van der Waals surface area contributed by atoms with Crippen molar-refractivity contribution < 1.29 is 9.18 Å². The number of amides is 2. The van der Waals surface area contributed by atoms with Gasteiger partial charge in [0.25, 0.3) is 0 Å². The average molecular weight is 180 g/mol. The van der Waals surface area contributed by atoms with Crippen LogP contribution in [-0.4, -0.2) is 12.6 Å². The molecule has 0 radical (unpaired) electrons. The maximum Gasteiger partial charge on any atom is 0.315 e. The van der Waals surface area contributed by atoms with Gasteiger partial charge in [-0.3, -0.25) is 0 Å². The van der Waals surface area contributed by atoms with Crippen molar-refractivity contribution in [1.29, 1.82) is 0 Å². The summed E-state index contributed by atoms with van der Waals surface area (Å²) in [5.74, 6) is -0.279. The van der Waals surface area contributed by atoms with Crippen LogP contribution in [0.15, 0.2) is 24.3 Å². The molecule has 0 bridgehead atoms. The summed E-state index contributed by atoms with van der Waals surface area (Å²) in [6.07, 6.45) is 0. The van der Waals surface area contributed by atoms with E-state index in [9.17, 15) is 9.18 Å². The average Bonchev–Trinajstić information content (AvgIpc) is 2.52. The molecule has 1 saturated heterocycles. The molecule has 3 nitrogen and oxygen atoms in total. The third-order valence-corrected chi connectivity index (χ3v) is 2.02. The molecule has 2 N–H and O–H groups in total. The Morgan fingerprint density at radius 2 is 2.31 bits per heavy atom. The van der Waals surface area contributed by atoms with Crippen LogP contribution in [0.3, 0.4) is 0 Å². The first kappa shape index (κ1) is 8.04. The Bertz CT molecular complexity index is 340. The highest BCUT2D eigenvalue weighted by Crippen LogP contribution is 2.15. The molecule has 1 fully saturated rings. The lowest BCUT2D eigenvalue weighted by molar-refractivity contribution is 0.247. The first-order valence-corrected chi connectivity index (χ1v) is 4.05. The van der Waals surface area contributed by atoms with Gasteiger partial charge >= 0.3 is 6.03 Å². The van der Waals surface area contributed by atoms with Gasteiger partial charge in [-0.05, 0) is 17.7 Å². The van der Waals surface area contributed by atoms with Gasteiger partial charge in [0.1, 0.15) is 5.82 Å². The molecule has 1 atom stereocenters. The monoisotopic (exact) mass is 180 g/mol. The minimum atomic E-state index is -0.279. The number of hydrogen-bond donors (Lipinski definition) is 2. The molecule has 2 amide bonds. The smallest absolute Gasteiger partial charge is 0.315 e. The molecule has 13 heavy (non-hydrogen) atoms. The van der Waals surface area contributed by atoms with Crippen LogP contribution in [0.5, 0.6) is 0 Å². The van der Waals surface area contributed by atoms with Gasteiger partial charge in [0.05, 0.1) is 6.04 Å². The van der Waals surface area contributed by atoms with Gasteiger partial charge in [0.15, 0.2) is 0 Å². The standard InChI is InChI=1S/C9H9FN2O/c10-7-3-1-2-6(4-7)8-5-11-9(13)12-8/h1-4,8H,5H2,(H2,11,12,13). The van der Waals surface area contributed by atoms with Crippen LogP contribution in [0.2, 0.25) is 0 Å². The molecule has 1 unspecified atom stereocenters. The van der Waals surface area contributed by atoms with Gasteiger partial charge in [-0.2, -0.15) is 0 Å². The van der Waals surface area contributed by atoms with Gasteiger partial charge in [-0.25, -0.2) is 9.18 Å². The highest BCUT2D eigenvalue weighted by atomic mass is 19.1. The van der Waals surface area contributed by atoms with Crippen molar-refractivity contribution in [3.63, 3.8) is 0 Å². The first-order valence-electron chi connectivity index (χ1n) is 4.05. The summed E-state index contributed by atoms with van der Waals surface area (Å²) < 4.78 is 12.8. The van der Waals surface area contributed by atoms with Gasteiger partial charge < -0.3 is 10.6 Å². The van der Waals surface area contributed by atoms with E-state index >= 15 is 0 Å². The van der Waals surface area contributed by atoms with Crippen LogP contribution < -0.4 is 10.6 Å². The van der Waals surface area contributed by atoms with Gasteiger partial charge in [0, 0.05) is 6.54 Å². The maximum atomic E-state index is 12.8. The Kier molecular flexibility index (Phi) is 1.88. The van der Waals surface area contributed by atoms with Crippen molar-refractivity contribution in [3.05, 3.63) is 35.6 Å². The van der Waals surface area contributed by atoms with Crippen LogP contribution in [0.25, 0.3) is 0 Å². The summed E-state index contributed by atoms with van der Waals surface area (Å²) in [7, 11) is 0. The topological polar surface area (TPSA) is 41.1 Å². The molecule has 1 heterocycles. The molecular formula is C9H9FN2O. The minimum Gasteiger partial charge on any atom is -0.336 e. The van der Waals surface area contributed by atoms with E-state index in [0.29, 0.717) is 6.54 Å². The molecule has 2 rings (SSSR count). The number of carbonyl (C=O) groups is 1. The van der Waals surface area contributed by atoms with Gasteiger partial charge in [-0.15, -0.1) is 0 Å². The molecule has 0 aromatic heterocycles. The third kappa shape index (κ3) is 1.61.